The zero-order valence-corrected chi connectivity index (χ0v) is 9.63. The van der Waals surface area contributed by atoms with Crippen LogP contribution >= 0.6 is 11.6 Å². The van der Waals surface area contributed by atoms with E-state index in [9.17, 15) is 4.79 Å². The predicted molar refractivity (Wildman–Crippen MR) is 62.1 cm³/mol. The molecule has 0 aromatic carbocycles. The second kappa shape index (κ2) is 5.27. The molecule has 0 bridgehead atoms. The lowest BCUT2D eigenvalue weighted by Gasteiger charge is -2.23. The predicted octanol–water partition coefficient (Wildman–Crippen LogP) is 1.10. The summed E-state index contributed by atoms with van der Waals surface area (Å²) in [4.78, 5) is 15.0. The third-order valence-corrected chi connectivity index (χ3v) is 2.87. The summed E-state index contributed by atoms with van der Waals surface area (Å²) in [5.74, 6) is 0.145. The van der Waals surface area contributed by atoms with Gasteiger partial charge in [-0.1, -0.05) is 17.7 Å². The average molecular weight is 240 g/mol. The fourth-order valence-electron chi connectivity index (χ4n) is 1.68. The molecule has 5 heteroatoms. The molecule has 2 rings (SSSR count). The van der Waals surface area contributed by atoms with Gasteiger partial charge in [-0.25, -0.2) is 4.98 Å². The monoisotopic (exact) mass is 239 g/mol. The molecular weight excluding hydrogens is 226 g/mol. The van der Waals surface area contributed by atoms with Crippen molar-refractivity contribution in [3.8, 4) is 0 Å². The minimum Gasteiger partial charge on any atom is -0.355 e. The summed E-state index contributed by atoms with van der Waals surface area (Å²) < 4.78 is 0. The largest absolute Gasteiger partial charge is 0.355 e. The smallest absolute Gasteiger partial charge is 0.220 e. The van der Waals surface area contributed by atoms with Crippen LogP contribution in [0.4, 0.5) is 0 Å². The second-order valence-electron chi connectivity index (χ2n) is 3.91. The van der Waals surface area contributed by atoms with Crippen molar-refractivity contribution in [1.29, 1.82) is 0 Å². The van der Waals surface area contributed by atoms with Crippen LogP contribution in [-0.2, 0) is 11.3 Å². The Morgan fingerprint density at radius 2 is 2.44 bits per heavy atom. The van der Waals surface area contributed by atoms with Crippen LogP contribution < -0.4 is 10.6 Å². The van der Waals surface area contributed by atoms with Crippen LogP contribution in [-0.4, -0.2) is 23.5 Å². The van der Waals surface area contributed by atoms with Crippen LogP contribution in [0.5, 0.6) is 0 Å². The van der Waals surface area contributed by atoms with Gasteiger partial charge in [-0.2, -0.15) is 0 Å². The first-order valence-corrected chi connectivity index (χ1v) is 5.72. The van der Waals surface area contributed by atoms with Gasteiger partial charge in [-0.15, -0.1) is 0 Å². The molecule has 1 atom stereocenters. The highest BCUT2D eigenvalue weighted by Gasteiger charge is 2.16. The Kier molecular flexibility index (Phi) is 3.74. The van der Waals surface area contributed by atoms with E-state index in [1.165, 1.54) is 0 Å². The molecule has 1 unspecified atom stereocenters. The summed E-state index contributed by atoms with van der Waals surface area (Å²) in [5, 5.41) is 6.73. The maximum atomic E-state index is 11.0. The van der Waals surface area contributed by atoms with Gasteiger partial charge in [0, 0.05) is 31.7 Å². The van der Waals surface area contributed by atoms with Crippen molar-refractivity contribution in [3.05, 3.63) is 29.0 Å². The zero-order chi connectivity index (χ0) is 11.4. The minimum absolute atomic E-state index is 0.145. The molecule has 0 aliphatic carbocycles. The van der Waals surface area contributed by atoms with E-state index in [1.54, 1.807) is 12.3 Å². The maximum Gasteiger partial charge on any atom is 0.220 e. The van der Waals surface area contributed by atoms with Crippen molar-refractivity contribution in [3.63, 3.8) is 0 Å². The molecule has 16 heavy (non-hydrogen) atoms. The first-order valence-electron chi connectivity index (χ1n) is 5.34. The number of halogens is 1. The van der Waals surface area contributed by atoms with Gasteiger partial charge in [0.1, 0.15) is 5.15 Å². The number of hydrogen-bond donors (Lipinski definition) is 2. The molecule has 2 heterocycles. The van der Waals surface area contributed by atoms with Crippen LogP contribution in [0.15, 0.2) is 18.3 Å². The van der Waals surface area contributed by atoms with Crippen molar-refractivity contribution in [2.24, 2.45) is 0 Å². The highest BCUT2D eigenvalue weighted by Crippen LogP contribution is 2.07. The van der Waals surface area contributed by atoms with Crippen molar-refractivity contribution >= 4 is 17.5 Å². The number of amides is 1. The standard InChI is InChI=1S/C11H14ClN3O/c12-10-3-1-8(6-14-10)5-13-9-2-4-11(16)15-7-9/h1,3,6,9,13H,2,4-5,7H2,(H,15,16). The van der Waals surface area contributed by atoms with E-state index in [2.05, 4.69) is 15.6 Å². The molecule has 0 saturated carbocycles. The molecule has 1 amide bonds. The molecule has 1 aliphatic heterocycles. The summed E-state index contributed by atoms with van der Waals surface area (Å²) in [6.45, 7) is 1.46. The molecule has 1 fully saturated rings. The van der Waals surface area contributed by atoms with Crippen molar-refractivity contribution in [2.45, 2.75) is 25.4 Å². The van der Waals surface area contributed by atoms with Crippen LogP contribution in [0, 0.1) is 0 Å². The number of nitrogens with zero attached hydrogens (tertiary/aromatic N) is 1. The van der Waals surface area contributed by atoms with E-state index >= 15 is 0 Å². The summed E-state index contributed by atoms with van der Waals surface area (Å²) in [5.41, 5.74) is 1.10. The van der Waals surface area contributed by atoms with Gasteiger partial charge in [-0.05, 0) is 18.1 Å². The molecule has 0 spiro atoms. The van der Waals surface area contributed by atoms with Gasteiger partial charge in [0.05, 0.1) is 0 Å². The van der Waals surface area contributed by atoms with Crippen LogP contribution in [0.2, 0.25) is 5.15 Å². The topological polar surface area (TPSA) is 54.0 Å². The lowest BCUT2D eigenvalue weighted by atomic mass is 10.1. The molecule has 4 nitrogen and oxygen atoms in total. The van der Waals surface area contributed by atoms with Gasteiger partial charge in [-0.3, -0.25) is 4.79 Å². The molecular formula is C11H14ClN3O. The number of pyridine rings is 1. The third kappa shape index (κ3) is 3.18. The fourth-order valence-corrected chi connectivity index (χ4v) is 1.79. The maximum absolute atomic E-state index is 11.0. The van der Waals surface area contributed by atoms with E-state index < -0.39 is 0 Å². The van der Waals surface area contributed by atoms with E-state index in [0.29, 0.717) is 24.2 Å². The number of nitrogens with one attached hydrogen (secondary N) is 2. The Morgan fingerprint density at radius 3 is 3.06 bits per heavy atom. The zero-order valence-electron chi connectivity index (χ0n) is 8.87. The third-order valence-electron chi connectivity index (χ3n) is 2.65. The Bertz CT molecular complexity index is 356. The van der Waals surface area contributed by atoms with Crippen LogP contribution in [0.1, 0.15) is 18.4 Å². The Labute approximate surface area is 99.4 Å². The lowest BCUT2D eigenvalue weighted by Crippen LogP contribution is -2.45. The number of carbonyl (C=O) groups excluding carboxylic acids is 1. The van der Waals surface area contributed by atoms with Gasteiger partial charge in [0.25, 0.3) is 0 Å². The minimum atomic E-state index is 0.145. The summed E-state index contributed by atoms with van der Waals surface area (Å²) in [7, 11) is 0. The Hall–Kier alpha value is -1.13. The molecule has 86 valence electrons. The number of rotatable bonds is 3. The number of hydrogen-bond acceptors (Lipinski definition) is 3. The summed E-state index contributed by atoms with van der Waals surface area (Å²) in [6.07, 6.45) is 3.26. The first-order chi connectivity index (χ1) is 7.74. The normalized spacial score (nSPS) is 20.6. The van der Waals surface area contributed by atoms with Crippen LogP contribution in [0.3, 0.4) is 0 Å². The van der Waals surface area contributed by atoms with Crippen molar-refractivity contribution in [2.75, 3.05) is 6.54 Å². The molecule has 1 aliphatic rings. The summed E-state index contributed by atoms with van der Waals surface area (Å²) >= 11 is 5.70. The second-order valence-corrected chi connectivity index (χ2v) is 4.30. The first kappa shape index (κ1) is 11.4. The summed E-state index contributed by atoms with van der Waals surface area (Å²) in [6, 6.07) is 4.08. The van der Waals surface area contributed by atoms with Gasteiger partial charge in [0.15, 0.2) is 0 Å². The quantitative estimate of drug-likeness (QED) is 0.777. The lowest BCUT2D eigenvalue weighted by molar-refractivity contribution is -0.122. The number of aromatic nitrogens is 1. The average Bonchev–Trinajstić information content (AvgIpc) is 2.30. The number of piperidine rings is 1. The van der Waals surface area contributed by atoms with Crippen molar-refractivity contribution < 1.29 is 4.79 Å². The van der Waals surface area contributed by atoms with E-state index in [4.69, 9.17) is 11.6 Å². The SMILES string of the molecule is O=C1CCC(NCc2ccc(Cl)nc2)CN1. The van der Waals surface area contributed by atoms with E-state index in [0.717, 1.165) is 18.5 Å². The molecule has 1 aromatic rings. The van der Waals surface area contributed by atoms with Gasteiger partial charge < -0.3 is 10.6 Å². The Balaban J connectivity index is 1.79. The Morgan fingerprint density at radius 1 is 1.56 bits per heavy atom. The van der Waals surface area contributed by atoms with Gasteiger partial charge in [0.2, 0.25) is 5.91 Å². The highest BCUT2D eigenvalue weighted by molar-refractivity contribution is 6.29. The molecule has 0 radical (unpaired) electrons. The van der Waals surface area contributed by atoms with Crippen molar-refractivity contribution in [1.82, 2.24) is 15.6 Å². The van der Waals surface area contributed by atoms with E-state index in [1.807, 2.05) is 6.07 Å². The molecule has 1 saturated heterocycles. The van der Waals surface area contributed by atoms with Crippen LogP contribution in [0.25, 0.3) is 0 Å². The molecule has 1 aromatic heterocycles. The van der Waals surface area contributed by atoms with Gasteiger partial charge >= 0.3 is 0 Å². The molecule has 2 N–H and O–H groups in total. The fraction of sp³-hybridized carbons (Fsp3) is 0.455. The van der Waals surface area contributed by atoms with E-state index in [-0.39, 0.29) is 5.91 Å². The number of carbonyl (C=O) groups is 1. The highest BCUT2D eigenvalue weighted by atomic mass is 35.5.